The third kappa shape index (κ3) is 3.21. The Balaban J connectivity index is 2.26. The van der Waals surface area contributed by atoms with Crippen LogP contribution in [0.15, 0.2) is 42.5 Å². The zero-order valence-corrected chi connectivity index (χ0v) is 12.0. The van der Waals surface area contributed by atoms with E-state index in [1.165, 1.54) is 5.56 Å². The number of anilines is 2. The van der Waals surface area contributed by atoms with Gasteiger partial charge >= 0.3 is 0 Å². The number of hydrogen-bond acceptors (Lipinski definition) is 2. The number of rotatable bonds is 4. The van der Waals surface area contributed by atoms with Crippen molar-refractivity contribution in [2.75, 3.05) is 11.1 Å². The molecule has 0 amide bonds. The molecule has 0 saturated carbocycles. The highest BCUT2D eigenvalue weighted by atomic mass is 35.5. The van der Waals surface area contributed by atoms with Crippen LogP contribution in [0.25, 0.3) is 0 Å². The molecule has 3 N–H and O–H groups in total. The van der Waals surface area contributed by atoms with Crippen molar-refractivity contribution >= 4 is 23.0 Å². The fourth-order valence-electron chi connectivity index (χ4n) is 2.15. The Bertz CT molecular complexity index is 552. The molecule has 0 bridgehead atoms. The lowest BCUT2D eigenvalue weighted by Gasteiger charge is -2.21. The highest BCUT2D eigenvalue weighted by molar-refractivity contribution is 6.33. The van der Waals surface area contributed by atoms with Crippen molar-refractivity contribution in [3.8, 4) is 0 Å². The monoisotopic (exact) mass is 274 g/mol. The second-order valence-corrected chi connectivity index (χ2v) is 5.11. The lowest BCUT2D eigenvalue weighted by Crippen LogP contribution is -2.10. The summed E-state index contributed by atoms with van der Waals surface area (Å²) in [4.78, 5) is 0. The van der Waals surface area contributed by atoms with Crippen LogP contribution in [0.2, 0.25) is 5.02 Å². The zero-order valence-electron chi connectivity index (χ0n) is 11.3. The molecule has 0 aromatic heterocycles. The Labute approximate surface area is 119 Å². The Kier molecular flexibility index (Phi) is 4.33. The quantitative estimate of drug-likeness (QED) is 0.787. The standard InChI is InChI=1S/C16H19ClN2/c1-3-15(12-7-5-4-6-8-12)19-16-10-13(17)14(18)9-11(16)2/h4-10,15,19H,3,18H2,1-2H3. The van der Waals surface area contributed by atoms with Crippen LogP contribution in [-0.2, 0) is 0 Å². The first-order valence-corrected chi connectivity index (χ1v) is 6.86. The van der Waals surface area contributed by atoms with E-state index in [1.807, 2.05) is 25.1 Å². The predicted molar refractivity (Wildman–Crippen MR) is 83.7 cm³/mol. The fourth-order valence-corrected chi connectivity index (χ4v) is 2.32. The molecular weight excluding hydrogens is 256 g/mol. The highest BCUT2D eigenvalue weighted by Crippen LogP contribution is 2.30. The number of nitrogens with two attached hydrogens (primary N) is 1. The summed E-state index contributed by atoms with van der Waals surface area (Å²) in [5, 5.41) is 4.13. The van der Waals surface area contributed by atoms with Gasteiger partial charge in [0, 0.05) is 5.69 Å². The summed E-state index contributed by atoms with van der Waals surface area (Å²) in [6.07, 6.45) is 1.01. The average molecular weight is 275 g/mol. The van der Waals surface area contributed by atoms with Crippen LogP contribution in [0.5, 0.6) is 0 Å². The molecule has 0 saturated heterocycles. The van der Waals surface area contributed by atoms with Crippen LogP contribution in [0.4, 0.5) is 11.4 Å². The van der Waals surface area contributed by atoms with Crippen LogP contribution in [0.1, 0.15) is 30.5 Å². The first-order valence-electron chi connectivity index (χ1n) is 6.49. The summed E-state index contributed by atoms with van der Waals surface area (Å²) >= 11 is 6.09. The summed E-state index contributed by atoms with van der Waals surface area (Å²) in [7, 11) is 0. The fraction of sp³-hybridized carbons (Fsp3) is 0.250. The van der Waals surface area contributed by atoms with Crippen molar-refractivity contribution < 1.29 is 0 Å². The summed E-state index contributed by atoms with van der Waals surface area (Å²) < 4.78 is 0. The topological polar surface area (TPSA) is 38.0 Å². The molecule has 3 heteroatoms. The molecule has 1 unspecified atom stereocenters. The minimum atomic E-state index is 0.277. The van der Waals surface area contributed by atoms with Crippen molar-refractivity contribution in [2.24, 2.45) is 0 Å². The van der Waals surface area contributed by atoms with Gasteiger partial charge in [-0.05, 0) is 36.6 Å². The summed E-state index contributed by atoms with van der Waals surface area (Å²) in [5.41, 5.74) is 9.85. The molecule has 2 aromatic carbocycles. The van der Waals surface area contributed by atoms with Gasteiger partial charge in [0.05, 0.1) is 16.8 Å². The molecule has 100 valence electrons. The second-order valence-electron chi connectivity index (χ2n) is 4.70. The van der Waals surface area contributed by atoms with E-state index in [4.69, 9.17) is 17.3 Å². The molecule has 2 rings (SSSR count). The van der Waals surface area contributed by atoms with Crippen LogP contribution in [0, 0.1) is 6.92 Å². The van der Waals surface area contributed by atoms with E-state index in [9.17, 15) is 0 Å². The highest BCUT2D eigenvalue weighted by Gasteiger charge is 2.11. The van der Waals surface area contributed by atoms with Gasteiger partial charge in [0.15, 0.2) is 0 Å². The molecule has 2 aromatic rings. The number of hydrogen-bond donors (Lipinski definition) is 2. The van der Waals surface area contributed by atoms with Gasteiger partial charge in [0.2, 0.25) is 0 Å². The molecule has 1 atom stereocenters. The number of nitrogen functional groups attached to an aromatic ring is 1. The van der Waals surface area contributed by atoms with Gasteiger partial charge in [-0.1, -0.05) is 48.9 Å². The molecular formula is C16H19ClN2. The van der Waals surface area contributed by atoms with E-state index >= 15 is 0 Å². The van der Waals surface area contributed by atoms with Crippen LogP contribution >= 0.6 is 11.6 Å². The number of aryl methyl sites for hydroxylation is 1. The van der Waals surface area contributed by atoms with Gasteiger partial charge in [-0.15, -0.1) is 0 Å². The first-order chi connectivity index (χ1) is 9.11. The maximum Gasteiger partial charge on any atom is 0.0656 e. The van der Waals surface area contributed by atoms with Crippen molar-refractivity contribution in [1.82, 2.24) is 0 Å². The number of nitrogens with one attached hydrogen (secondary N) is 1. The lowest BCUT2D eigenvalue weighted by molar-refractivity contribution is 0.748. The normalized spacial score (nSPS) is 12.2. The second kappa shape index (κ2) is 5.98. The van der Waals surface area contributed by atoms with E-state index in [1.54, 1.807) is 0 Å². The van der Waals surface area contributed by atoms with Crippen molar-refractivity contribution in [3.05, 3.63) is 58.6 Å². The minimum absolute atomic E-state index is 0.277. The Morgan fingerprint density at radius 2 is 1.89 bits per heavy atom. The maximum atomic E-state index is 6.09. The Morgan fingerprint density at radius 1 is 1.21 bits per heavy atom. The molecule has 2 nitrogen and oxygen atoms in total. The number of benzene rings is 2. The van der Waals surface area contributed by atoms with Crippen molar-refractivity contribution in [3.63, 3.8) is 0 Å². The zero-order chi connectivity index (χ0) is 13.8. The molecule has 0 aliphatic heterocycles. The molecule has 0 spiro atoms. The molecule has 19 heavy (non-hydrogen) atoms. The third-order valence-corrected chi connectivity index (χ3v) is 3.61. The van der Waals surface area contributed by atoms with E-state index in [0.29, 0.717) is 10.7 Å². The number of halogens is 1. The summed E-state index contributed by atoms with van der Waals surface area (Å²) in [5.74, 6) is 0. The molecule has 0 radical (unpaired) electrons. The molecule has 0 heterocycles. The molecule has 0 fully saturated rings. The van der Waals surface area contributed by atoms with E-state index < -0.39 is 0 Å². The van der Waals surface area contributed by atoms with Crippen molar-refractivity contribution in [2.45, 2.75) is 26.3 Å². The minimum Gasteiger partial charge on any atom is -0.398 e. The predicted octanol–water partition coefficient (Wildman–Crippen LogP) is 4.79. The van der Waals surface area contributed by atoms with E-state index in [-0.39, 0.29) is 6.04 Å². The van der Waals surface area contributed by atoms with Crippen molar-refractivity contribution in [1.29, 1.82) is 0 Å². The largest absolute Gasteiger partial charge is 0.398 e. The Hall–Kier alpha value is -1.67. The van der Waals surface area contributed by atoms with Gasteiger partial charge in [-0.2, -0.15) is 0 Å². The summed E-state index contributed by atoms with van der Waals surface area (Å²) in [6, 6.07) is 14.5. The lowest BCUT2D eigenvalue weighted by atomic mass is 10.0. The average Bonchev–Trinajstić information content (AvgIpc) is 2.42. The SMILES string of the molecule is CCC(Nc1cc(Cl)c(N)cc1C)c1ccccc1. The smallest absolute Gasteiger partial charge is 0.0656 e. The van der Waals surface area contributed by atoms with Gasteiger partial charge in [0.25, 0.3) is 0 Å². The van der Waals surface area contributed by atoms with Crippen LogP contribution < -0.4 is 11.1 Å². The van der Waals surface area contributed by atoms with E-state index in [0.717, 1.165) is 17.7 Å². The Morgan fingerprint density at radius 3 is 2.53 bits per heavy atom. The third-order valence-electron chi connectivity index (χ3n) is 3.28. The first kappa shape index (κ1) is 13.8. The molecule has 0 aliphatic carbocycles. The van der Waals surface area contributed by atoms with Gasteiger partial charge in [-0.25, -0.2) is 0 Å². The maximum absolute atomic E-state index is 6.09. The van der Waals surface area contributed by atoms with Gasteiger partial charge in [0.1, 0.15) is 0 Å². The van der Waals surface area contributed by atoms with E-state index in [2.05, 4.69) is 36.5 Å². The molecule has 0 aliphatic rings. The van der Waals surface area contributed by atoms with Crippen LogP contribution in [-0.4, -0.2) is 0 Å². The van der Waals surface area contributed by atoms with Gasteiger partial charge < -0.3 is 11.1 Å². The van der Waals surface area contributed by atoms with Crippen LogP contribution in [0.3, 0.4) is 0 Å². The summed E-state index contributed by atoms with van der Waals surface area (Å²) in [6.45, 7) is 4.20. The van der Waals surface area contributed by atoms with Gasteiger partial charge in [-0.3, -0.25) is 0 Å².